The summed E-state index contributed by atoms with van der Waals surface area (Å²) in [7, 11) is 0. The average molecular weight is 198 g/mol. The molecule has 0 radical (unpaired) electrons. The highest BCUT2D eigenvalue weighted by Gasteiger charge is 2.11. The van der Waals surface area contributed by atoms with Crippen molar-refractivity contribution < 1.29 is 9.21 Å². The van der Waals surface area contributed by atoms with Gasteiger partial charge in [0.15, 0.2) is 0 Å². The number of terminal acetylenes is 1. The third-order valence-corrected chi connectivity index (χ3v) is 1.71. The lowest BCUT2D eigenvalue weighted by molar-refractivity contribution is 0.0954. The molecular formula is C9H8ClNO2. The molecule has 1 aromatic heterocycles. The minimum absolute atomic E-state index is 0.0956. The summed E-state index contributed by atoms with van der Waals surface area (Å²) in [6, 6.07) is 1.51. The summed E-state index contributed by atoms with van der Waals surface area (Å²) in [6.07, 6.45) is 6.88. The molecular weight excluding hydrogens is 190 g/mol. The van der Waals surface area contributed by atoms with Gasteiger partial charge in [-0.3, -0.25) is 4.79 Å². The fourth-order valence-electron chi connectivity index (χ4n) is 0.799. The molecule has 0 aliphatic carbocycles. The molecule has 0 fully saturated rings. The van der Waals surface area contributed by atoms with Gasteiger partial charge in [0, 0.05) is 13.0 Å². The van der Waals surface area contributed by atoms with E-state index in [0.717, 1.165) is 0 Å². The Kier molecular flexibility index (Phi) is 3.41. The molecule has 0 bridgehead atoms. The van der Waals surface area contributed by atoms with E-state index in [0.29, 0.717) is 18.5 Å². The van der Waals surface area contributed by atoms with Crippen molar-refractivity contribution in [3.8, 4) is 12.3 Å². The monoisotopic (exact) mass is 197 g/mol. The fraction of sp³-hybridized carbons (Fsp3) is 0.222. The van der Waals surface area contributed by atoms with Crippen molar-refractivity contribution in [1.29, 1.82) is 0 Å². The second-order valence-electron chi connectivity index (χ2n) is 2.32. The van der Waals surface area contributed by atoms with Crippen molar-refractivity contribution in [2.24, 2.45) is 0 Å². The molecule has 1 amide bonds. The number of hydrogen-bond acceptors (Lipinski definition) is 2. The first-order valence-corrected chi connectivity index (χ1v) is 4.08. The third-order valence-electron chi connectivity index (χ3n) is 1.42. The van der Waals surface area contributed by atoms with Crippen LogP contribution in [0.1, 0.15) is 16.8 Å². The summed E-state index contributed by atoms with van der Waals surface area (Å²) < 4.78 is 4.76. The number of carbonyl (C=O) groups excluding carboxylic acids is 1. The standard InChI is InChI=1S/C9H8ClNO2/c1-2-3-5-11-9(12)7-4-6-13-8(7)10/h1,4,6H,3,5H2,(H,11,12). The van der Waals surface area contributed by atoms with Crippen LogP contribution in [-0.2, 0) is 0 Å². The fourth-order valence-corrected chi connectivity index (χ4v) is 0.999. The molecule has 0 unspecified atom stereocenters. The zero-order valence-corrected chi connectivity index (χ0v) is 7.60. The lowest BCUT2D eigenvalue weighted by Crippen LogP contribution is -2.23. The van der Waals surface area contributed by atoms with E-state index in [1.165, 1.54) is 12.3 Å². The number of halogens is 1. The molecule has 1 N–H and O–H groups in total. The van der Waals surface area contributed by atoms with Gasteiger partial charge in [0.05, 0.1) is 11.8 Å². The van der Waals surface area contributed by atoms with E-state index >= 15 is 0 Å². The van der Waals surface area contributed by atoms with Crippen molar-refractivity contribution in [1.82, 2.24) is 5.32 Å². The Balaban J connectivity index is 2.50. The molecule has 0 aromatic carbocycles. The van der Waals surface area contributed by atoms with Gasteiger partial charge in [-0.25, -0.2) is 0 Å². The van der Waals surface area contributed by atoms with E-state index < -0.39 is 0 Å². The van der Waals surface area contributed by atoms with Gasteiger partial charge in [0.1, 0.15) is 0 Å². The van der Waals surface area contributed by atoms with E-state index in [9.17, 15) is 4.79 Å². The van der Waals surface area contributed by atoms with Crippen molar-refractivity contribution in [3.05, 3.63) is 23.1 Å². The van der Waals surface area contributed by atoms with Crippen molar-refractivity contribution in [2.75, 3.05) is 6.54 Å². The van der Waals surface area contributed by atoms with Crippen LogP contribution in [0, 0.1) is 12.3 Å². The van der Waals surface area contributed by atoms with E-state index in [-0.39, 0.29) is 11.1 Å². The molecule has 1 aromatic rings. The van der Waals surface area contributed by atoms with Gasteiger partial charge < -0.3 is 9.73 Å². The van der Waals surface area contributed by atoms with Gasteiger partial charge >= 0.3 is 0 Å². The number of carbonyl (C=O) groups is 1. The minimum Gasteiger partial charge on any atom is -0.452 e. The molecule has 13 heavy (non-hydrogen) atoms. The highest BCUT2D eigenvalue weighted by Crippen LogP contribution is 2.15. The van der Waals surface area contributed by atoms with Gasteiger partial charge in [-0.2, -0.15) is 0 Å². The summed E-state index contributed by atoms with van der Waals surface area (Å²) in [5.74, 6) is 2.14. The van der Waals surface area contributed by atoms with Gasteiger partial charge in [-0.15, -0.1) is 12.3 Å². The second kappa shape index (κ2) is 4.58. The van der Waals surface area contributed by atoms with Crippen LogP contribution in [0.5, 0.6) is 0 Å². The van der Waals surface area contributed by atoms with Crippen LogP contribution in [0.3, 0.4) is 0 Å². The van der Waals surface area contributed by atoms with Gasteiger partial charge in [-0.05, 0) is 17.7 Å². The maximum Gasteiger partial charge on any atom is 0.256 e. The third kappa shape index (κ3) is 2.53. The Bertz CT molecular complexity index is 338. The Morgan fingerprint density at radius 3 is 3.08 bits per heavy atom. The van der Waals surface area contributed by atoms with E-state index in [2.05, 4.69) is 11.2 Å². The maximum absolute atomic E-state index is 11.3. The van der Waals surface area contributed by atoms with Crippen molar-refractivity contribution >= 4 is 17.5 Å². The molecule has 68 valence electrons. The van der Waals surface area contributed by atoms with Crippen LogP contribution in [0.15, 0.2) is 16.7 Å². The second-order valence-corrected chi connectivity index (χ2v) is 2.66. The predicted octanol–water partition coefficient (Wildman–Crippen LogP) is 1.69. The van der Waals surface area contributed by atoms with Crippen LogP contribution >= 0.6 is 11.6 Å². The molecule has 0 spiro atoms. The number of nitrogens with one attached hydrogen (secondary N) is 1. The summed E-state index contributed by atoms with van der Waals surface area (Å²) in [5, 5.41) is 2.70. The number of amides is 1. The zero-order chi connectivity index (χ0) is 9.68. The first-order chi connectivity index (χ1) is 6.25. The predicted molar refractivity (Wildman–Crippen MR) is 49.5 cm³/mol. The molecule has 3 nitrogen and oxygen atoms in total. The van der Waals surface area contributed by atoms with Crippen LogP contribution < -0.4 is 5.32 Å². The van der Waals surface area contributed by atoms with Gasteiger partial charge in [-0.1, -0.05) is 0 Å². The lowest BCUT2D eigenvalue weighted by atomic mass is 10.3. The number of hydrogen-bond donors (Lipinski definition) is 1. The molecule has 4 heteroatoms. The Hall–Kier alpha value is -1.40. The molecule has 1 rings (SSSR count). The van der Waals surface area contributed by atoms with Crippen molar-refractivity contribution in [3.63, 3.8) is 0 Å². The van der Waals surface area contributed by atoms with E-state index in [4.69, 9.17) is 22.4 Å². The highest BCUT2D eigenvalue weighted by molar-refractivity contribution is 6.32. The SMILES string of the molecule is C#CCCNC(=O)c1ccoc1Cl. The summed E-state index contributed by atoms with van der Waals surface area (Å²) in [6.45, 7) is 0.441. The lowest BCUT2D eigenvalue weighted by Gasteiger charge is -1.99. The highest BCUT2D eigenvalue weighted by atomic mass is 35.5. The first-order valence-electron chi connectivity index (χ1n) is 3.70. The molecule has 0 saturated heterocycles. The zero-order valence-electron chi connectivity index (χ0n) is 6.84. The largest absolute Gasteiger partial charge is 0.452 e. The van der Waals surface area contributed by atoms with Gasteiger partial charge in [0.2, 0.25) is 5.22 Å². The molecule has 1 heterocycles. The molecule has 0 atom stereocenters. The number of rotatable bonds is 3. The van der Waals surface area contributed by atoms with E-state index in [1.807, 2.05) is 0 Å². The topological polar surface area (TPSA) is 42.2 Å². The quantitative estimate of drug-likeness (QED) is 0.592. The Morgan fingerprint density at radius 1 is 1.77 bits per heavy atom. The maximum atomic E-state index is 11.3. The van der Waals surface area contributed by atoms with Crippen LogP contribution in [0.4, 0.5) is 0 Å². The normalized spacial score (nSPS) is 9.23. The van der Waals surface area contributed by atoms with Crippen LogP contribution in [0.2, 0.25) is 5.22 Å². The van der Waals surface area contributed by atoms with Crippen LogP contribution in [0.25, 0.3) is 0 Å². The Morgan fingerprint density at radius 2 is 2.54 bits per heavy atom. The Labute approximate surface area is 81.1 Å². The first kappa shape index (κ1) is 9.69. The summed E-state index contributed by atoms with van der Waals surface area (Å²) in [4.78, 5) is 11.3. The van der Waals surface area contributed by atoms with Crippen molar-refractivity contribution in [2.45, 2.75) is 6.42 Å². The molecule has 0 saturated carbocycles. The number of furan rings is 1. The molecule has 0 aliphatic heterocycles. The van der Waals surface area contributed by atoms with Crippen LogP contribution in [-0.4, -0.2) is 12.5 Å². The summed E-state index contributed by atoms with van der Waals surface area (Å²) >= 11 is 5.58. The molecule has 0 aliphatic rings. The van der Waals surface area contributed by atoms with E-state index in [1.54, 1.807) is 0 Å². The smallest absolute Gasteiger partial charge is 0.256 e. The van der Waals surface area contributed by atoms with Gasteiger partial charge in [0.25, 0.3) is 5.91 Å². The average Bonchev–Trinajstić information content (AvgIpc) is 2.52. The summed E-state index contributed by atoms with van der Waals surface area (Å²) in [5.41, 5.74) is 0.332. The minimum atomic E-state index is -0.269.